The molecule has 0 spiro atoms. The zero-order chi connectivity index (χ0) is 17.6. The molecular formula is C23H29FO. The van der Waals surface area contributed by atoms with Gasteiger partial charge in [-0.1, -0.05) is 62.2 Å². The highest BCUT2D eigenvalue weighted by Gasteiger charge is 2.25. The second-order valence-electron chi connectivity index (χ2n) is 7.36. The first kappa shape index (κ1) is 18.0. The quantitative estimate of drug-likeness (QED) is 0.574. The molecule has 25 heavy (non-hydrogen) atoms. The van der Waals surface area contributed by atoms with Crippen molar-refractivity contribution < 1.29 is 9.50 Å². The van der Waals surface area contributed by atoms with Gasteiger partial charge in [-0.05, 0) is 61.1 Å². The first-order valence-corrected chi connectivity index (χ1v) is 9.74. The van der Waals surface area contributed by atoms with Gasteiger partial charge >= 0.3 is 0 Å². The maximum absolute atomic E-state index is 13.8. The molecule has 2 aromatic rings. The summed E-state index contributed by atoms with van der Waals surface area (Å²) in [6.07, 6.45) is 7.17. The summed E-state index contributed by atoms with van der Waals surface area (Å²) in [4.78, 5) is 0. The molecule has 2 atom stereocenters. The number of alkyl halides is 1. The van der Waals surface area contributed by atoms with Crippen molar-refractivity contribution in [3.05, 3.63) is 53.6 Å². The minimum Gasteiger partial charge on any atom is -0.507 e. The van der Waals surface area contributed by atoms with E-state index in [1.54, 1.807) is 0 Å². The van der Waals surface area contributed by atoms with Crippen LogP contribution in [0.15, 0.2) is 42.5 Å². The number of phenolic OH excluding ortho intramolecular Hbond substituents is 1. The van der Waals surface area contributed by atoms with Crippen LogP contribution in [0.2, 0.25) is 0 Å². The van der Waals surface area contributed by atoms with Gasteiger partial charge < -0.3 is 5.11 Å². The van der Waals surface area contributed by atoms with Gasteiger partial charge in [-0.15, -0.1) is 0 Å². The molecule has 0 bridgehead atoms. The summed E-state index contributed by atoms with van der Waals surface area (Å²) in [7, 11) is 0. The van der Waals surface area contributed by atoms with E-state index in [0.29, 0.717) is 18.6 Å². The lowest BCUT2D eigenvalue weighted by molar-refractivity contribution is 0.230. The molecule has 0 aromatic heterocycles. The number of halogens is 1. The van der Waals surface area contributed by atoms with Gasteiger partial charge in [0.05, 0.1) is 0 Å². The van der Waals surface area contributed by atoms with Gasteiger partial charge in [0.2, 0.25) is 0 Å². The van der Waals surface area contributed by atoms with Crippen molar-refractivity contribution in [1.29, 1.82) is 0 Å². The van der Waals surface area contributed by atoms with Gasteiger partial charge in [0, 0.05) is 5.56 Å². The number of rotatable bonds is 6. The normalized spacial score (nSPS) is 20.6. The summed E-state index contributed by atoms with van der Waals surface area (Å²) in [5.74, 6) is 0.470. The van der Waals surface area contributed by atoms with Gasteiger partial charge in [0.1, 0.15) is 11.9 Å². The molecular weight excluding hydrogens is 311 g/mol. The summed E-state index contributed by atoms with van der Waals surface area (Å²) in [5.41, 5.74) is 4.15. The topological polar surface area (TPSA) is 20.2 Å². The van der Waals surface area contributed by atoms with Crippen LogP contribution in [0.5, 0.6) is 5.75 Å². The lowest BCUT2D eigenvalue weighted by atomic mass is 9.81. The van der Waals surface area contributed by atoms with Crippen molar-refractivity contribution in [2.45, 2.75) is 70.4 Å². The second-order valence-corrected chi connectivity index (χ2v) is 7.36. The van der Waals surface area contributed by atoms with E-state index in [-0.39, 0.29) is 5.92 Å². The van der Waals surface area contributed by atoms with Crippen LogP contribution in [0.1, 0.15) is 68.9 Å². The molecule has 1 aliphatic carbocycles. The molecule has 0 amide bonds. The van der Waals surface area contributed by atoms with Crippen LogP contribution in [0.4, 0.5) is 4.39 Å². The third-order valence-electron chi connectivity index (χ3n) is 5.45. The number of hydrogen-bond acceptors (Lipinski definition) is 1. The summed E-state index contributed by atoms with van der Waals surface area (Å²) in [6, 6.07) is 14.4. The molecule has 1 fully saturated rings. The van der Waals surface area contributed by atoms with Crippen LogP contribution in [0.3, 0.4) is 0 Å². The molecule has 1 N–H and O–H groups in total. The molecule has 1 saturated carbocycles. The Morgan fingerprint density at radius 1 is 1.04 bits per heavy atom. The third-order valence-corrected chi connectivity index (χ3v) is 5.45. The van der Waals surface area contributed by atoms with E-state index in [0.717, 1.165) is 36.0 Å². The zero-order valence-electron chi connectivity index (χ0n) is 15.2. The predicted molar refractivity (Wildman–Crippen MR) is 103 cm³/mol. The smallest absolute Gasteiger partial charge is 0.126 e. The average Bonchev–Trinajstić information content (AvgIpc) is 2.63. The van der Waals surface area contributed by atoms with E-state index >= 15 is 0 Å². The fourth-order valence-electron chi connectivity index (χ4n) is 3.97. The van der Waals surface area contributed by atoms with E-state index in [4.69, 9.17) is 0 Å². The number of unbranched alkanes of at least 4 members (excludes halogenated alkanes) is 2. The SMILES string of the molecule is CCCCCc1ccc(-c2cccc(C3CCCC(F)C3)c2O)cc1. The van der Waals surface area contributed by atoms with E-state index in [2.05, 4.69) is 31.2 Å². The largest absolute Gasteiger partial charge is 0.507 e. The Labute approximate surface area is 150 Å². The minimum atomic E-state index is -0.732. The molecule has 1 nitrogen and oxygen atoms in total. The fourth-order valence-corrected chi connectivity index (χ4v) is 3.97. The fraction of sp³-hybridized carbons (Fsp3) is 0.478. The van der Waals surface area contributed by atoms with Gasteiger partial charge in [-0.2, -0.15) is 0 Å². The standard InChI is InChI=1S/C23H29FO/c1-2-3-4-7-17-12-14-18(15-13-17)21-10-6-11-22(23(21)25)19-8-5-9-20(24)16-19/h6,10-15,19-20,25H,2-5,7-9,16H2,1H3. The Bertz CT molecular complexity index is 677. The number of phenols is 1. The monoisotopic (exact) mass is 340 g/mol. The maximum atomic E-state index is 13.8. The predicted octanol–water partition coefficient (Wildman–Crippen LogP) is 6.79. The minimum absolute atomic E-state index is 0.136. The van der Waals surface area contributed by atoms with Crippen LogP contribution < -0.4 is 0 Å². The van der Waals surface area contributed by atoms with Gasteiger partial charge in [0.25, 0.3) is 0 Å². The Kier molecular flexibility index (Phi) is 6.12. The average molecular weight is 340 g/mol. The lowest BCUT2D eigenvalue weighted by Gasteiger charge is -2.26. The zero-order valence-corrected chi connectivity index (χ0v) is 15.2. The second kappa shape index (κ2) is 8.51. The van der Waals surface area contributed by atoms with Crippen molar-refractivity contribution in [3.63, 3.8) is 0 Å². The first-order valence-electron chi connectivity index (χ1n) is 9.74. The highest BCUT2D eigenvalue weighted by Crippen LogP contribution is 2.42. The summed E-state index contributed by atoms with van der Waals surface area (Å²) in [6.45, 7) is 2.22. The van der Waals surface area contributed by atoms with Gasteiger partial charge in [0.15, 0.2) is 0 Å². The Morgan fingerprint density at radius 3 is 2.56 bits per heavy atom. The van der Waals surface area contributed by atoms with Crippen molar-refractivity contribution >= 4 is 0 Å². The maximum Gasteiger partial charge on any atom is 0.126 e. The van der Waals surface area contributed by atoms with Crippen LogP contribution in [0, 0.1) is 0 Å². The molecule has 0 aliphatic heterocycles. The summed E-state index contributed by atoms with van der Waals surface area (Å²) >= 11 is 0. The lowest BCUT2D eigenvalue weighted by Crippen LogP contribution is -2.14. The highest BCUT2D eigenvalue weighted by molar-refractivity contribution is 5.72. The molecule has 134 valence electrons. The molecule has 0 heterocycles. The Morgan fingerprint density at radius 2 is 1.84 bits per heavy atom. The first-order chi connectivity index (χ1) is 12.2. The molecule has 0 saturated heterocycles. The van der Waals surface area contributed by atoms with Gasteiger partial charge in [-0.3, -0.25) is 0 Å². The third kappa shape index (κ3) is 4.42. The van der Waals surface area contributed by atoms with Crippen molar-refractivity contribution in [2.24, 2.45) is 0 Å². The van der Waals surface area contributed by atoms with Crippen molar-refractivity contribution in [3.8, 4) is 16.9 Å². The van der Waals surface area contributed by atoms with Crippen LogP contribution in [-0.4, -0.2) is 11.3 Å². The Balaban J connectivity index is 1.79. The highest BCUT2D eigenvalue weighted by atomic mass is 19.1. The van der Waals surface area contributed by atoms with E-state index < -0.39 is 6.17 Å². The molecule has 2 unspecified atom stereocenters. The number of hydrogen-bond donors (Lipinski definition) is 1. The van der Waals surface area contributed by atoms with Crippen LogP contribution in [-0.2, 0) is 6.42 Å². The number of para-hydroxylation sites is 1. The molecule has 1 aliphatic rings. The molecule has 0 radical (unpaired) electrons. The van der Waals surface area contributed by atoms with E-state index in [9.17, 15) is 9.50 Å². The number of aromatic hydroxyl groups is 1. The summed E-state index contributed by atoms with van der Waals surface area (Å²) < 4.78 is 13.8. The van der Waals surface area contributed by atoms with Crippen molar-refractivity contribution in [2.75, 3.05) is 0 Å². The number of aryl methyl sites for hydroxylation is 1. The summed E-state index contributed by atoms with van der Waals surface area (Å²) in [5, 5.41) is 10.8. The molecule has 3 rings (SSSR count). The number of benzene rings is 2. The van der Waals surface area contributed by atoms with Gasteiger partial charge in [-0.25, -0.2) is 4.39 Å². The Hall–Kier alpha value is -1.83. The van der Waals surface area contributed by atoms with E-state index in [1.807, 2.05) is 18.2 Å². The van der Waals surface area contributed by atoms with Crippen LogP contribution >= 0.6 is 0 Å². The molecule has 2 aromatic carbocycles. The molecule has 2 heteroatoms. The van der Waals surface area contributed by atoms with E-state index in [1.165, 1.54) is 24.8 Å². The van der Waals surface area contributed by atoms with Crippen molar-refractivity contribution in [1.82, 2.24) is 0 Å². The van der Waals surface area contributed by atoms with Crippen LogP contribution in [0.25, 0.3) is 11.1 Å².